The van der Waals surface area contributed by atoms with Crippen LogP contribution < -0.4 is 15.5 Å². The molecule has 156 valence electrons. The number of nitrogens with one attached hydrogen (secondary N) is 2. The van der Waals surface area contributed by atoms with Crippen LogP contribution in [0.4, 0.5) is 11.4 Å². The molecule has 0 bridgehead atoms. The fraction of sp³-hybridized carbons (Fsp3) is 0.619. The largest absolute Gasteiger partial charge is 0.385 e. The molecule has 1 heterocycles. The van der Waals surface area contributed by atoms with Crippen molar-refractivity contribution in [3.63, 3.8) is 0 Å². The molecule has 7 heteroatoms. The zero-order valence-electron chi connectivity index (χ0n) is 17.1. The normalized spacial score (nSPS) is 14.6. The van der Waals surface area contributed by atoms with Crippen LogP contribution in [-0.2, 0) is 9.53 Å². The monoisotopic (exact) mass is 409 g/mol. The molecule has 1 aromatic carbocycles. The molecule has 1 aliphatic heterocycles. The lowest BCUT2D eigenvalue weighted by molar-refractivity contribution is -0.122. The van der Waals surface area contributed by atoms with Gasteiger partial charge in [-0.3, -0.25) is 9.59 Å². The molecule has 0 spiro atoms. The van der Waals surface area contributed by atoms with E-state index in [1.807, 2.05) is 12.1 Å². The number of nitrogens with zero attached hydrogens (tertiary/aromatic N) is 1. The number of carbonyl (C=O) groups is 2. The molecule has 1 saturated heterocycles. The van der Waals surface area contributed by atoms with Crippen LogP contribution in [0.1, 0.15) is 49.9 Å². The minimum atomic E-state index is -0.685. The first-order valence-electron chi connectivity index (χ1n) is 9.92. The molecule has 0 atom stereocenters. The molecule has 0 unspecified atom stereocenters. The maximum Gasteiger partial charge on any atom is 0.253 e. The lowest BCUT2D eigenvalue weighted by Gasteiger charge is -2.30. The fourth-order valence-corrected chi connectivity index (χ4v) is 3.20. The van der Waals surface area contributed by atoms with Crippen LogP contribution in [0, 0.1) is 5.41 Å². The first kappa shape index (κ1) is 22.5. The van der Waals surface area contributed by atoms with Crippen molar-refractivity contribution in [1.82, 2.24) is 5.32 Å². The summed E-state index contributed by atoms with van der Waals surface area (Å²) in [5, 5.41) is 5.85. The Morgan fingerprint density at radius 1 is 1.21 bits per heavy atom. The van der Waals surface area contributed by atoms with Crippen LogP contribution in [0.3, 0.4) is 0 Å². The SMILES string of the molecule is COCCCNC(=O)c1cc(NC(=O)C(C)(C)CCl)ccc1N1CCCCC1. The van der Waals surface area contributed by atoms with Gasteiger partial charge in [0.1, 0.15) is 0 Å². The smallest absolute Gasteiger partial charge is 0.253 e. The zero-order chi connectivity index (χ0) is 20.6. The summed E-state index contributed by atoms with van der Waals surface area (Å²) >= 11 is 5.90. The van der Waals surface area contributed by atoms with Gasteiger partial charge < -0.3 is 20.3 Å². The van der Waals surface area contributed by atoms with Crippen LogP contribution in [0.15, 0.2) is 18.2 Å². The predicted octanol–water partition coefficient (Wildman–Crippen LogP) is 3.65. The Morgan fingerprint density at radius 2 is 1.93 bits per heavy atom. The number of ether oxygens (including phenoxy) is 1. The molecular weight excluding hydrogens is 378 g/mol. The molecule has 0 saturated carbocycles. The van der Waals surface area contributed by atoms with Crippen LogP contribution in [0.25, 0.3) is 0 Å². The molecule has 0 aliphatic carbocycles. The van der Waals surface area contributed by atoms with Crippen molar-refractivity contribution >= 4 is 34.8 Å². The van der Waals surface area contributed by atoms with E-state index in [4.69, 9.17) is 16.3 Å². The van der Waals surface area contributed by atoms with Crippen molar-refractivity contribution in [2.24, 2.45) is 5.41 Å². The molecule has 2 amide bonds. The van der Waals surface area contributed by atoms with Gasteiger partial charge in [-0.15, -0.1) is 11.6 Å². The summed E-state index contributed by atoms with van der Waals surface area (Å²) in [6, 6.07) is 5.55. The third-order valence-electron chi connectivity index (χ3n) is 4.96. The summed E-state index contributed by atoms with van der Waals surface area (Å²) in [5.74, 6) is -0.0820. The highest BCUT2D eigenvalue weighted by Gasteiger charge is 2.27. The van der Waals surface area contributed by atoms with Gasteiger partial charge in [0.2, 0.25) is 5.91 Å². The minimum Gasteiger partial charge on any atom is -0.385 e. The summed E-state index contributed by atoms with van der Waals surface area (Å²) in [5.41, 5.74) is 1.42. The molecule has 2 N–H and O–H groups in total. The Labute approximate surface area is 172 Å². The molecule has 6 nitrogen and oxygen atoms in total. The van der Waals surface area contributed by atoms with Gasteiger partial charge >= 0.3 is 0 Å². The zero-order valence-corrected chi connectivity index (χ0v) is 17.9. The number of alkyl halides is 1. The highest BCUT2D eigenvalue weighted by atomic mass is 35.5. The van der Waals surface area contributed by atoms with Crippen molar-refractivity contribution in [2.45, 2.75) is 39.5 Å². The molecule has 2 rings (SSSR count). The minimum absolute atomic E-state index is 0.135. The van der Waals surface area contributed by atoms with Crippen molar-refractivity contribution in [2.75, 3.05) is 49.4 Å². The van der Waals surface area contributed by atoms with Crippen LogP contribution in [-0.4, -0.2) is 51.0 Å². The highest BCUT2D eigenvalue weighted by molar-refractivity contribution is 6.20. The predicted molar refractivity (Wildman–Crippen MR) is 114 cm³/mol. The van der Waals surface area contributed by atoms with E-state index in [0.717, 1.165) is 38.0 Å². The van der Waals surface area contributed by atoms with E-state index in [-0.39, 0.29) is 17.7 Å². The van der Waals surface area contributed by atoms with Crippen molar-refractivity contribution in [1.29, 1.82) is 0 Å². The van der Waals surface area contributed by atoms with Crippen molar-refractivity contribution in [3.05, 3.63) is 23.8 Å². The quantitative estimate of drug-likeness (QED) is 0.482. The van der Waals surface area contributed by atoms with Gasteiger partial charge in [0.15, 0.2) is 0 Å². The second-order valence-electron chi connectivity index (χ2n) is 7.85. The van der Waals surface area contributed by atoms with Gasteiger partial charge in [-0.1, -0.05) is 0 Å². The van der Waals surface area contributed by atoms with Crippen LogP contribution >= 0.6 is 11.6 Å². The Kier molecular flexibility index (Phi) is 8.58. The average Bonchev–Trinajstić information content (AvgIpc) is 2.71. The number of methoxy groups -OCH3 is 1. The van der Waals surface area contributed by atoms with E-state index in [2.05, 4.69) is 15.5 Å². The first-order chi connectivity index (χ1) is 13.4. The maximum atomic E-state index is 12.8. The van der Waals surface area contributed by atoms with Gasteiger partial charge in [0.05, 0.1) is 11.0 Å². The summed E-state index contributed by atoms with van der Waals surface area (Å²) in [6.07, 6.45) is 4.22. The third kappa shape index (κ3) is 6.11. The van der Waals surface area contributed by atoms with Gasteiger partial charge in [0, 0.05) is 50.6 Å². The lowest BCUT2D eigenvalue weighted by atomic mass is 9.95. The second-order valence-corrected chi connectivity index (χ2v) is 8.12. The number of benzene rings is 1. The summed E-state index contributed by atoms with van der Waals surface area (Å²) < 4.78 is 5.04. The molecule has 28 heavy (non-hydrogen) atoms. The number of hydrogen-bond acceptors (Lipinski definition) is 4. The maximum absolute atomic E-state index is 12.8. The number of hydrogen-bond donors (Lipinski definition) is 2. The van der Waals surface area contributed by atoms with Crippen molar-refractivity contribution < 1.29 is 14.3 Å². The van der Waals surface area contributed by atoms with E-state index < -0.39 is 5.41 Å². The van der Waals surface area contributed by atoms with E-state index in [0.29, 0.717) is 24.4 Å². The summed E-state index contributed by atoms with van der Waals surface area (Å²) in [4.78, 5) is 27.6. The molecule has 0 aromatic heterocycles. The molecular formula is C21H32ClN3O3. The third-order valence-corrected chi connectivity index (χ3v) is 5.62. The van der Waals surface area contributed by atoms with Crippen LogP contribution in [0.5, 0.6) is 0 Å². The number of halogens is 1. The Hall–Kier alpha value is -1.79. The van der Waals surface area contributed by atoms with Crippen molar-refractivity contribution in [3.8, 4) is 0 Å². The highest BCUT2D eigenvalue weighted by Crippen LogP contribution is 2.28. The second kappa shape index (κ2) is 10.7. The number of amides is 2. The number of carbonyl (C=O) groups excluding carboxylic acids is 2. The topological polar surface area (TPSA) is 70.7 Å². The van der Waals surface area contributed by atoms with Gasteiger partial charge in [-0.2, -0.15) is 0 Å². The van der Waals surface area contributed by atoms with E-state index in [1.165, 1.54) is 6.42 Å². The summed E-state index contributed by atoms with van der Waals surface area (Å²) in [6.45, 7) is 6.61. The average molecular weight is 410 g/mol. The van der Waals surface area contributed by atoms with Crippen LogP contribution in [0.2, 0.25) is 0 Å². The Bertz CT molecular complexity index is 673. The van der Waals surface area contributed by atoms with Gasteiger partial charge in [-0.25, -0.2) is 0 Å². The lowest BCUT2D eigenvalue weighted by Crippen LogP contribution is -2.34. The standard InChI is InChI=1S/C21H32ClN3O3/c1-21(2,15-22)20(27)24-16-8-9-18(25-11-5-4-6-12-25)17(14-16)19(26)23-10-7-13-28-3/h8-9,14H,4-7,10-13,15H2,1-3H3,(H,23,26)(H,24,27). The molecule has 1 aliphatic rings. The Morgan fingerprint density at radius 3 is 2.57 bits per heavy atom. The fourth-order valence-electron chi connectivity index (χ4n) is 3.08. The molecule has 1 fully saturated rings. The molecule has 0 radical (unpaired) electrons. The number of piperidine rings is 1. The Balaban J connectivity index is 2.22. The van der Waals surface area contributed by atoms with Gasteiger partial charge in [-0.05, 0) is 57.7 Å². The van der Waals surface area contributed by atoms with E-state index in [9.17, 15) is 9.59 Å². The summed E-state index contributed by atoms with van der Waals surface area (Å²) in [7, 11) is 1.64. The first-order valence-corrected chi connectivity index (χ1v) is 10.5. The van der Waals surface area contributed by atoms with E-state index in [1.54, 1.807) is 27.0 Å². The van der Waals surface area contributed by atoms with E-state index >= 15 is 0 Å². The number of anilines is 2. The van der Waals surface area contributed by atoms with Gasteiger partial charge in [0.25, 0.3) is 5.91 Å². The number of rotatable bonds is 9. The molecule has 1 aromatic rings.